The molecule has 0 saturated carbocycles. The summed E-state index contributed by atoms with van der Waals surface area (Å²) in [6.45, 7) is 5.96. The molecule has 0 saturated heterocycles. The number of ether oxygens (including phenoxy) is 2. The van der Waals surface area contributed by atoms with Gasteiger partial charge in [0.1, 0.15) is 18.2 Å². The molecule has 3 aromatic carbocycles. The van der Waals surface area contributed by atoms with Crippen molar-refractivity contribution in [2.24, 2.45) is 4.99 Å². The molecular weight excluding hydrogens is 769 g/mol. The number of benzene rings is 3. The molecule has 208 valence electrons. The smallest absolute Gasteiger partial charge is 0.338 e. The molecule has 1 atom stereocenters. The van der Waals surface area contributed by atoms with Crippen molar-refractivity contribution >= 4 is 74.3 Å². The first-order chi connectivity index (χ1) is 19.8. The molecule has 0 aliphatic carbocycles. The standard InChI is InChI=1S/C31H23FI2N2O4S/c1-3-14-40-28-22(33)15-18(16-23(28)34)17-24-29(37)36-27(20-10-12-21(32)13-11-20)25(30(38)39-4-2)26(35-31(36)41-24)19-8-6-5-7-9-19/h3,5-13,15-17,27H,1,4,14H2,2H3/b24-17-/t27-/m0/s1. The first-order valence-corrected chi connectivity index (χ1v) is 15.6. The highest BCUT2D eigenvalue weighted by Gasteiger charge is 2.35. The number of hydrogen-bond acceptors (Lipinski definition) is 6. The zero-order valence-corrected chi connectivity index (χ0v) is 26.9. The molecule has 1 aromatic heterocycles. The van der Waals surface area contributed by atoms with Crippen LogP contribution in [0.15, 0.2) is 94.7 Å². The molecule has 6 nitrogen and oxygen atoms in total. The Morgan fingerprint density at radius 1 is 1.12 bits per heavy atom. The zero-order chi connectivity index (χ0) is 29.1. The van der Waals surface area contributed by atoms with E-state index in [-0.39, 0.29) is 17.7 Å². The van der Waals surface area contributed by atoms with Gasteiger partial charge in [-0.2, -0.15) is 0 Å². The number of carbonyl (C=O) groups is 1. The highest BCUT2D eigenvalue weighted by Crippen LogP contribution is 2.35. The first kappa shape index (κ1) is 29.4. The van der Waals surface area contributed by atoms with Gasteiger partial charge in [0.15, 0.2) is 4.80 Å². The minimum atomic E-state index is -0.863. The number of thiazole rings is 1. The Bertz CT molecular complexity index is 1820. The van der Waals surface area contributed by atoms with Crippen LogP contribution in [-0.2, 0) is 9.53 Å². The van der Waals surface area contributed by atoms with Crippen molar-refractivity contribution in [3.05, 3.63) is 134 Å². The lowest BCUT2D eigenvalue weighted by molar-refractivity contribution is -0.138. The summed E-state index contributed by atoms with van der Waals surface area (Å²) >= 11 is 5.65. The summed E-state index contributed by atoms with van der Waals surface area (Å²) < 4.78 is 28.9. The molecule has 2 heterocycles. The third-order valence-corrected chi connectivity index (χ3v) is 8.81. The fourth-order valence-electron chi connectivity index (χ4n) is 4.50. The fraction of sp³-hybridized carbons (Fsp3) is 0.129. The van der Waals surface area contributed by atoms with Crippen LogP contribution in [0.2, 0.25) is 0 Å². The molecule has 0 unspecified atom stereocenters. The molecule has 0 radical (unpaired) electrons. The molecule has 0 spiro atoms. The van der Waals surface area contributed by atoms with Crippen LogP contribution in [-0.4, -0.2) is 23.8 Å². The van der Waals surface area contributed by atoms with E-state index in [0.717, 1.165) is 18.5 Å². The van der Waals surface area contributed by atoms with Crippen LogP contribution in [0.1, 0.15) is 29.7 Å². The van der Waals surface area contributed by atoms with Gasteiger partial charge in [0.25, 0.3) is 5.56 Å². The van der Waals surface area contributed by atoms with Crippen molar-refractivity contribution in [3.63, 3.8) is 0 Å². The molecule has 0 bridgehead atoms. The van der Waals surface area contributed by atoms with Gasteiger partial charge in [-0.05, 0) is 93.6 Å². The second kappa shape index (κ2) is 12.8. The quantitative estimate of drug-likeness (QED) is 0.128. The average Bonchev–Trinajstić information content (AvgIpc) is 3.27. The molecule has 10 heteroatoms. The van der Waals surface area contributed by atoms with E-state index in [2.05, 4.69) is 51.8 Å². The maximum absolute atomic E-state index is 14.0. The molecule has 41 heavy (non-hydrogen) atoms. The van der Waals surface area contributed by atoms with Crippen molar-refractivity contribution in [1.29, 1.82) is 0 Å². The molecule has 4 aromatic rings. The summed E-state index contributed by atoms with van der Waals surface area (Å²) in [5.74, 6) is -0.249. The summed E-state index contributed by atoms with van der Waals surface area (Å²) in [5.41, 5.74) is 2.42. The first-order valence-electron chi connectivity index (χ1n) is 12.6. The Morgan fingerprint density at radius 3 is 2.44 bits per heavy atom. The van der Waals surface area contributed by atoms with Crippen molar-refractivity contribution < 1.29 is 18.7 Å². The number of esters is 1. The maximum Gasteiger partial charge on any atom is 0.338 e. The van der Waals surface area contributed by atoms with Gasteiger partial charge in [-0.3, -0.25) is 9.36 Å². The predicted octanol–water partition coefficient (Wildman–Crippen LogP) is 5.85. The maximum atomic E-state index is 14.0. The monoisotopic (exact) mass is 792 g/mol. The Morgan fingerprint density at radius 2 is 1.80 bits per heavy atom. The number of nitrogens with zero attached hydrogens (tertiary/aromatic N) is 2. The van der Waals surface area contributed by atoms with Gasteiger partial charge < -0.3 is 9.47 Å². The third-order valence-electron chi connectivity index (χ3n) is 6.22. The van der Waals surface area contributed by atoms with Gasteiger partial charge in [0.05, 0.1) is 35.6 Å². The molecule has 1 aliphatic rings. The minimum Gasteiger partial charge on any atom is -0.487 e. The Hall–Kier alpha value is -3.10. The topological polar surface area (TPSA) is 69.9 Å². The van der Waals surface area contributed by atoms with Gasteiger partial charge in [-0.1, -0.05) is 66.5 Å². The van der Waals surface area contributed by atoms with Crippen LogP contribution >= 0.6 is 56.5 Å². The van der Waals surface area contributed by atoms with E-state index in [1.165, 1.54) is 28.0 Å². The molecule has 0 N–H and O–H groups in total. The number of fused-ring (bicyclic) bond motifs is 1. The number of carbonyl (C=O) groups excluding carboxylic acids is 1. The van der Waals surface area contributed by atoms with Gasteiger partial charge in [-0.15, -0.1) is 0 Å². The Kier molecular flexibility index (Phi) is 9.19. The fourth-order valence-corrected chi connectivity index (χ4v) is 7.62. The second-order valence-corrected chi connectivity index (χ2v) is 12.2. The molecule has 5 rings (SSSR count). The van der Waals surface area contributed by atoms with E-state index >= 15 is 0 Å². The van der Waals surface area contributed by atoms with Crippen LogP contribution in [0, 0.1) is 13.0 Å². The summed E-state index contributed by atoms with van der Waals surface area (Å²) in [4.78, 5) is 32.8. The predicted molar refractivity (Wildman–Crippen MR) is 175 cm³/mol. The van der Waals surface area contributed by atoms with Crippen LogP contribution < -0.4 is 19.6 Å². The summed E-state index contributed by atoms with van der Waals surface area (Å²) in [5, 5.41) is 0. The van der Waals surface area contributed by atoms with E-state index in [4.69, 9.17) is 14.5 Å². The Balaban J connectivity index is 1.76. The van der Waals surface area contributed by atoms with Crippen molar-refractivity contribution in [1.82, 2.24) is 4.57 Å². The average molecular weight is 792 g/mol. The zero-order valence-electron chi connectivity index (χ0n) is 21.8. The number of hydrogen-bond donors (Lipinski definition) is 0. The molecule has 0 fully saturated rings. The van der Waals surface area contributed by atoms with Crippen LogP contribution in [0.5, 0.6) is 5.75 Å². The van der Waals surface area contributed by atoms with Crippen molar-refractivity contribution in [2.75, 3.05) is 13.2 Å². The van der Waals surface area contributed by atoms with E-state index in [9.17, 15) is 14.0 Å². The summed E-state index contributed by atoms with van der Waals surface area (Å²) in [6, 6.07) is 18.1. The van der Waals surface area contributed by atoms with Gasteiger partial charge >= 0.3 is 5.97 Å². The van der Waals surface area contributed by atoms with Gasteiger partial charge in [0, 0.05) is 5.56 Å². The summed E-state index contributed by atoms with van der Waals surface area (Å²) in [6.07, 6.45) is 3.50. The van der Waals surface area contributed by atoms with Crippen molar-refractivity contribution in [2.45, 2.75) is 13.0 Å². The normalized spacial score (nSPS) is 14.8. The van der Waals surface area contributed by atoms with Crippen molar-refractivity contribution in [3.8, 4) is 5.75 Å². The van der Waals surface area contributed by atoms with Gasteiger partial charge in [-0.25, -0.2) is 14.2 Å². The lowest BCUT2D eigenvalue weighted by Gasteiger charge is -2.25. The van der Waals surface area contributed by atoms with Gasteiger partial charge in [0.2, 0.25) is 0 Å². The highest BCUT2D eigenvalue weighted by atomic mass is 127. The molecular formula is C31H23FI2N2O4S. The highest BCUT2D eigenvalue weighted by molar-refractivity contribution is 14.1. The van der Waals surface area contributed by atoms with E-state index in [1.807, 2.05) is 48.5 Å². The number of aromatic nitrogens is 1. The largest absolute Gasteiger partial charge is 0.487 e. The van der Waals surface area contributed by atoms with Crippen LogP contribution in [0.3, 0.4) is 0 Å². The second-order valence-electron chi connectivity index (χ2n) is 8.90. The van der Waals surface area contributed by atoms with E-state index in [0.29, 0.717) is 32.8 Å². The number of halogens is 3. The Labute approximate surface area is 266 Å². The van der Waals surface area contributed by atoms with E-state index in [1.54, 1.807) is 25.1 Å². The minimum absolute atomic E-state index is 0.148. The van der Waals surface area contributed by atoms with Crippen LogP contribution in [0.25, 0.3) is 11.8 Å². The molecule has 1 aliphatic heterocycles. The van der Waals surface area contributed by atoms with E-state index < -0.39 is 17.8 Å². The lowest BCUT2D eigenvalue weighted by Crippen LogP contribution is -2.40. The van der Waals surface area contributed by atoms with Crippen LogP contribution in [0.4, 0.5) is 4.39 Å². The third kappa shape index (κ3) is 6.09. The summed E-state index contributed by atoms with van der Waals surface area (Å²) in [7, 11) is 0. The molecule has 0 amide bonds. The SMILES string of the molecule is C=CCOc1c(I)cc(/C=c2\sc3n(c2=O)[C@@H](c2ccc(F)cc2)C(C(=O)OCC)=C(c2ccccc2)N=3)cc1I. The lowest BCUT2D eigenvalue weighted by atomic mass is 9.93. The number of rotatable bonds is 8.